The van der Waals surface area contributed by atoms with Gasteiger partial charge in [0.05, 0.1) is 6.61 Å². The Morgan fingerprint density at radius 3 is 3.15 bits per heavy atom. The van der Waals surface area contributed by atoms with Gasteiger partial charge in [-0.15, -0.1) is 11.3 Å². The molecule has 2 aliphatic heterocycles. The first kappa shape index (κ1) is 14.5. The van der Waals surface area contributed by atoms with E-state index < -0.39 is 5.54 Å². The Kier molecular flexibility index (Phi) is 4.16. The maximum absolute atomic E-state index is 11.0. The van der Waals surface area contributed by atoms with Crippen LogP contribution < -0.4 is 5.32 Å². The van der Waals surface area contributed by atoms with E-state index in [2.05, 4.69) is 26.2 Å². The molecule has 0 saturated carbocycles. The summed E-state index contributed by atoms with van der Waals surface area (Å²) in [7, 11) is 1.87. The lowest BCUT2D eigenvalue weighted by Gasteiger charge is -2.43. The minimum absolute atomic E-state index is 0.270. The molecule has 3 atom stereocenters. The highest BCUT2D eigenvalue weighted by atomic mass is 79.9. The van der Waals surface area contributed by atoms with Gasteiger partial charge in [-0.3, -0.25) is 0 Å². The summed E-state index contributed by atoms with van der Waals surface area (Å²) in [5.41, 5.74) is -0.459. The number of hydrogen-bond acceptors (Lipinski definition) is 7. The largest absolute Gasteiger partial charge is 0.368 e. The van der Waals surface area contributed by atoms with E-state index in [4.69, 9.17) is 9.73 Å². The van der Waals surface area contributed by atoms with E-state index in [1.165, 1.54) is 0 Å². The summed E-state index contributed by atoms with van der Waals surface area (Å²) >= 11 is 6.68. The Balaban J connectivity index is 2.02. The molecule has 3 heterocycles. The number of hydrogen-bond donors (Lipinski definition) is 1. The van der Waals surface area contributed by atoms with Gasteiger partial charge in [-0.25, -0.2) is 9.98 Å². The van der Waals surface area contributed by atoms with Crippen LogP contribution in [0.4, 0.5) is 0 Å². The molecule has 0 aliphatic carbocycles. The van der Waals surface area contributed by atoms with Gasteiger partial charge in [0.1, 0.15) is 27.5 Å². The first-order valence-corrected chi connectivity index (χ1v) is 8.92. The lowest BCUT2D eigenvalue weighted by atomic mass is 9.80. The highest BCUT2D eigenvalue weighted by Gasteiger charge is 2.50. The molecule has 1 saturated heterocycles. The lowest BCUT2D eigenvalue weighted by molar-refractivity contribution is -0.126. The second-order valence-corrected chi connectivity index (χ2v) is 7.48. The Hall–Kier alpha value is -0.440. The number of halogens is 1. The maximum Gasteiger partial charge on any atom is 0.157 e. The quantitative estimate of drug-likeness (QED) is 0.801. The van der Waals surface area contributed by atoms with Crippen molar-refractivity contribution in [2.45, 2.75) is 18.1 Å². The number of aliphatic imine (C=N–C) groups is 1. The summed E-state index contributed by atoms with van der Waals surface area (Å²) in [5.74, 6) is 1.19. The first-order valence-electron chi connectivity index (χ1n) is 6.27. The molecule has 3 rings (SSSR count). The topological polar surface area (TPSA) is 63.6 Å². The van der Waals surface area contributed by atoms with Gasteiger partial charge < -0.3 is 14.8 Å². The Bertz CT molecular complexity index is 551. The molecule has 0 aromatic carbocycles. The van der Waals surface area contributed by atoms with Crippen LogP contribution in [0, 0.1) is 5.92 Å². The molecular weight excluding hydrogens is 362 g/mol. The number of rotatable bonds is 2. The van der Waals surface area contributed by atoms with Gasteiger partial charge in [0.25, 0.3) is 0 Å². The van der Waals surface area contributed by atoms with Crippen LogP contribution in [0.3, 0.4) is 0 Å². The van der Waals surface area contributed by atoms with Crippen molar-refractivity contribution in [2.75, 3.05) is 19.4 Å². The summed E-state index contributed by atoms with van der Waals surface area (Å²) in [6, 6.07) is 0. The number of ether oxygens (including phenoxy) is 1. The summed E-state index contributed by atoms with van der Waals surface area (Å²) in [6.45, 7) is 0.409. The monoisotopic (exact) mass is 375 g/mol. The molecule has 2 aliphatic rings. The standard InChI is InChI=1S/C12H14BrN3O2S2/c1-14-11-16-12(10-15-9(13)5-19-10)6-18-8(3-17)2-7(12)4-20-11/h3,5,7-8H,2,4,6H2,1H3,(H,14,16)/t7-,8?,12-/m0/s1. The van der Waals surface area contributed by atoms with Gasteiger partial charge in [0, 0.05) is 24.1 Å². The third-order valence-electron chi connectivity index (χ3n) is 3.64. The van der Waals surface area contributed by atoms with E-state index in [0.29, 0.717) is 13.0 Å². The van der Waals surface area contributed by atoms with Crippen molar-refractivity contribution in [3.8, 4) is 0 Å². The molecule has 20 heavy (non-hydrogen) atoms. The van der Waals surface area contributed by atoms with Crippen molar-refractivity contribution in [3.63, 3.8) is 0 Å². The molecule has 8 heteroatoms. The SMILES string of the molecule is CNC1=N[C@@]2(c3nc(Br)cs3)COC(C=O)C[C@H]2CS1. The Morgan fingerprint density at radius 1 is 1.65 bits per heavy atom. The molecule has 0 radical (unpaired) electrons. The molecule has 1 aromatic heterocycles. The average Bonchev–Trinajstić information content (AvgIpc) is 2.93. The maximum atomic E-state index is 11.0. The molecule has 0 amide bonds. The van der Waals surface area contributed by atoms with Gasteiger partial charge in [-0.05, 0) is 22.4 Å². The van der Waals surface area contributed by atoms with Crippen LogP contribution in [0.2, 0.25) is 0 Å². The van der Waals surface area contributed by atoms with Gasteiger partial charge in [-0.2, -0.15) is 0 Å². The second kappa shape index (κ2) is 5.75. The van der Waals surface area contributed by atoms with E-state index in [1.807, 2.05) is 12.4 Å². The van der Waals surface area contributed by atoms with Crippen LogP contribution in [0.25, 0.3) is 0 Å². The van der Waals surface area contributed by atoms with E-state index >= 15 is 0 Å². The summed E-state index contributed by atoms with van der Waals surface area (Å²) in [4.78, 5) is 20.4. The fourth-order valence-electron chi connectivity index (χ4n) is 2.58. The molecule has 1 aromatic rings. The van der Waals surface area contributed by atoms with Gasteiger partial charge in [0.15, 0.2) is 5.17 Å². The number of aldehydes is 1. The molecular formula is C12H14BrN3O2S2. The third kappa shape index (κ3) is 2.43. The van der Waals surface area contributed by atoms with Gasteiger partial charge in [-0.1, -0.05) is 11.8 Å². The summed E-state index contributed by atoms with van der Waals surface area (Å²) in [6.07, 6.45) is 1.28. The smallest absolute Gasteiger partial charge is 0.157 e. The molecule has 1 fully saturated rings. The number of fused-ring (bicyclic) bond motifs is 1. The van der Waals surface area contributed by atoms with Crippen LogP contribution in [0.5, 0.6) is 0 Å². The van der Waals surface area contributed by atoms with E-state index in [0.717, 1.165) is 26.8 Å². The predicted octanol–water partition coefficient (Wildman–Crippen LogP) is 2.03. The summed E-state index contributed by atoms with van der Waals surface area (Å²) < 4.78 is 6.52. The number of aromatic nitrogens is 1. The van der Waals surface area contributed by atoms with Crippen LogP contribution >= 0.6 is 39.0 Å². The number of thioether (sulfide) groups is 1. The van der Waals surface area contributed by atoms with Crippen molar-refractivity contribution in [3.05, 3.63) is 15.0 Å². The molecule has 0 bridgehead atoms. The minimum Gasteiger partial charge on any atom is -0.368 e. The van der Waals surface area contributed by atoms with E-state index in [9.17, 15) is 4.79 Å². The number of nitrogens with zero attached hydrogens (tertiary/aromatic N) is 2. The highest BCUT2D eigenvalue weighted by Crippen LogP contribution is 2.46. The highest BCUT2D eigenvalue weighted by molar-refractivity contribution is 9.10. The second-order valence-electron chi connectivity index (χ2n) is 4.80. The Morgan fingerprint density at radius 2 is 2.50 bits per heavy atom. The number of nitrogens with one attached hydrogen (secondary N) is 1. The first-order chi connectivity index (χ1) is 9.68. The zero-order valence-corrected chi connectivity index (χ0v) is 14.1. The van der Waals surface area contributed by atoms with Crippen molar-refractivity contribution in [1.29, 1.82) is 0 Å². The lowest BCUT2D eigenvalue weighted by Crippen LogP contribution is -2.50. The zero-order chi connectivity index (χ0) is 14.2. The average molecular weight is 376 g/mol. The van der Waals surface area contributed by atoms with Crippen molar-refractivity contribution < 1.29 is 9.53 Å². The molecule has 1 unspecified atom stereocenters. The number of carbonyl (C=O) groups is 1. The van der Waals surface area contributed by atoms with Gasteiger partial charge in [0.2, 0.25) is 0 Å². The van der Waals surface area contributed by atoms with Crippen molar-refractivity contribution in [1.82, 2.24) is 10.3 Å². The Labute approximate surface area is 133 Å². The minimum atomic E-state index is -0.459. The molecule has 1 N–H and O–H groups in total. The van der Waals surface area contributed by atoms with Crippen LogP contribution in [-0.2, 0) is 15.1 Å². The summed E-state index contributed by atoms with van der Waals surface area (Å²) in [5, 5.41) is 6.93. The van der Waals surface area contributed by atoms with Crippen molar-refractivity contribution in [2.24, 2.45) is 10.9 Å². The fraction of sp³-hybridized carbons (Fsp3) is 0.583. The number of amidine groups is 1. The molecule has 5 nitrogen and oxygen atoms in total. The van der Waals surface area contributed by atoms with Crippen LogP contribution in [-0.4, -0.2) is 41.9 Å². The third-order valence-corrected chi connectivity index (χ3v) is 6.50. The van der Waals surface area contributed by atoms with Crippen LogP contribution in [0.15, 0.2) is 15.0 Å². The van der Waals surface area contributed by atoms with E-state index in [1.54, 1.807) is 23.1 Å². The molecule has 108 valence electrons. The fourth-order valence-corrected chi connectivity index (χ4v) is 5.18. The van der Waals surface area contributed by atoms with Crippen molar-refractivity contribution >= 4 is 50.5 Å². The predicted molar refractivity (Wildman–Crippen MR) is 84.4 cm³/mol. The number of thiazole rings is 1. The van der Waals surface area contributed by atoms with Crippen LogP contribution in [0.1, 0.15) is 11.4 Å². The zero-order valence-electron chi connectivity index (χ0n) is 10.8. The normalized spacial score (nSPS) is 33.2. The number of carbonyl (C=O) groups excluding carboxylic acids is 1. The van der Waals surface area contributed by atoms with E-state index in [-0.39, 0.29) is 12.0 Å². The van der Waals surface area contributed by atoms with Gasteiger partial charge >= 0.3 is 0 Å². The molecule has 0 spiro atoms.